The Kier molecular flexibility index (Phi) is 6.41. The van der Waals surface area contributed by atoms with Gasteiger partial charge in [-0.15, -0.1) is 0 Å². The summed E-state index contributed by atoms with van der Waals surface area (Å²) in [6, 6.07) is 14.4. The molecule has 0 bridgehead atoms. The molecule has 0 aliphatic carbocycles. The Hall–Kier alpha value is -3.45. The zero-order valence-electron chi connectivity index (χ0n) is 15.7. The lowest BCUT2D eigenvalue weighted by Crippen LogP contribution is -2.13. The fourth-order valence-electron chi connectivity index (χ4n) is 2.73. The summed E-state index contributed by atoms with van der Waals surface area (Å²) in [6.07, 6.45) is 1.92. The summed E-state index contributed by atoms with van der Waals surface area (Å²) >= 11 is 6.02. The van der Waals surface area contributed by atoms with Crippen molar-refractivity contribution in [3.8, 4) is 5.75 Å². The van der Waals surface area contributed by atoms with Crippen LogP contribution in [-0.4, -0.2) is 34.7 Å². The second kappa shape index (κ2) is 9.16. The molecule has 0 radical (unpaired) electrons. The molecule has 3 rings (SSSR count). The average Bonchev–Trinajstić information content (AvgIpc) is 3.08. The topological polar surface area (TPSA) is 110 Å². The van der Waals surface area contributed by atoms with E-state index in [-0.39, 0.29) is 23.8 Å². The van der Waals surface area contributed by atoms with E-state index in [1.165, 1.54) is 13.1 Å². The summed E-state index contributed by atoms with van der Waals surface area (Å²) in [7, 11) is 0. The lowest BCUT2D eigenvalue weighted by molar-refractivity contribution is -0.118. The van der Waals surface area contributed by atoms with Gasteiger partial charge in [0.1, 0.15) is 17.9 Å². The standard InChI is InChI=1S/C21H19ClN4O3/c1-13(27)12-29-18-8-3-2-6-15(18)11-24-21-19(20(23)28)17(25-26-21)10-14-5-4-7-16(22)9-14/h2-9,11H,10,12H2,1H3,(H2,23,28)(H,25,26). The molecule has 0 unspecified atom stereocenters. The van der Waals surface area contributed by atoms with E-state index in [1.54, 1.807) is 30.3 Å². The Morgan fingerprint density at radius 3 is 2.76 bits per heavy atom. The molecule has 29 heavy (non-hydrogen) atoms. The fraction of sp³-hybridized carbons (Fsp3) is 0.143. The first-order chi connectivity index (χ1) is 13.9. The number of nitrogens with two attached hydrogens (primary N) is 1. The van der Waals surface area contributed by atoms with Crippen molar-refractivity contribution < 1.29 is 14.3 Å². The number of amides is 1. The van der Waals surface area contributed by atoms with Gasteiger partial charge in [-0.05, 0) is 36.8 Å². The van der Waals surface area contributed by atoms with Crippen LogP contribution in [0.4, 0.5) is 5.82 Å². The van der Waals surface area contributed by atoms with Gasteiger partial charge in [0, 0.05) is 23.2 Å². The molecule has 3 N–H and O–H groups in total. The molecule has 1 aromatic heterocycles. The van der Waals surface area contributed by atoms with Crippen LogP contribution in [0.3, 0.4) is 0 Å². The number of ether oxygens (including phenoxy) is 1. The normalized spacial score (nSPS) is 11.0. The highest BCUT2D eigenvalue weighted by atomic mass is 35.5. The summed E-state index contributed by atoms with van der Waals surface area (Å²) < 4.78 is 5.49. The number of halogens is 1. The van der Waals surface area contributed by atoms with Gasteiger partial charge < -0.3 is 10.5 Å². The number of aromatic amines is 1. The van der Waals surface area contributed by atoms with Crippen LogP contribution in [0, 0.1) is 0 Å². The van der Waals surface area contributed by atoms with Crippen LogP contribution in [-0.2, 0) is 11.2 Å². The largest absolute Gasteiger partial charge is 0.485 e. The van der Waals surface area contributed by atoms with E-state index in [1.807, 2.05) is 18.2 Å². The lowest BCUT2D eigenvalue weighted by atomic mass is 10.1. The maximum atomic E-state index is 12.0. The second-order valence-electron chi connectivity index (χ2n) is 6.36. The van der Waals surface area contributed by atoms with Crippen LogP contribution in [0.15, 0.2) is 53.5 Å². The summed E-state index contributed by atoms with van der Waals surface area (Å²) in [5.74, 6) is -0.0487. The van der Waals surface area contributed by atoms with E-state index < -0.39 is 5.91 Å². The maximum Gasteiger partial charge on any atom is 0.254 e. The molecule has 0 aliphatic rings. The summed E-state index contributed by atoms with van der Waals surface area (Å²) in [4.78, 5) is 27.5. The highest BCUT2D eigenvalue weighted by Crippen LogP contribution is 2.24. The molecule has 0 saturated heterocycles. The van der Waals surface area contributed by atoms with Gasteiger partial charge >= 0.3 is 0 Å². The minimum Gasteiger partial charge on any atom is -0.485 e. The van der Waals surface area contributed by atoms with Gasteiger partial charge in [0.15, 0.2) is 11.6 Å². The van der Waals surface area contributed by atoms with E-state index in [4.69, 9.17) is 22.1 Å². The number of rotatable bonds is 8. The molecule has 2 aromatic carbocycles. The molecule has 0 fully saturated rings. The average molecular weight is 411 g/mol. The van der Waals surface area contributed by atoms with Crippen molar-refractivity contribution in [1.29, 1.82) is 0 Å². The number of aromatic nitrogens is 2. The Labute approximate surface area is 172 Å². The van der Waals surface area contributed by atoms with E-state index in [0.29, 0.717) is 28.5 Å². The van der Waals surface area contributed by atoms with Gasteiger partial charge in [0.25, 0.3) is 5.91 Å². The summed E-state index contributed by atoms with van der Waals surface area (Å²) in [5.41, 5.74) is 7.87. The van der Waals surface area contributed by atoms with E-state index in [9.17, 15) is 9.59 Å². The zero-order valence-corrected chi connectivity index (χ0v) is 16.4. The number of nitrogens with zero attached hydrogens (tertiary/aromatic N) is 2. The fourth-order valence-corrected chi connectivity index (χ4v) is 2.94. The Morgan fingerprint density at radius 1 is 1.24 bits per heavy atom. The van der Waals surface area contributed by atoms with Crippen molar-refractivity contribution in [1.82, 2.24) is 10.2 Å². The number of hydrogen-bond acceptors (Lipinski definition) is 5. The molecule has 3 aromatic rings. The van der Waals surface area contributed by atoms with Crippen LogP contribution in [0.1, 0.15) is 34.1 Å². The number of para-hydroxylation sites is 1. The lowest BCUT2D eigenvalue weighted by Gasteiger charge is -2.06. The second-order valence-corrected chi connectivity index (χ2v) is 6.79. The third kappa shape index (κ3) is 5.30. The number of Topliss-reactive ketones (excluding diaryl/α,β-unsaturated/α-hetero) is 1. The van der Waals surface area contributed by atoms with Crippen LogP contribution in [0.2, 0.25) is 5.02 Å². The highest BCUT2D eigenvalue weighted by molar-refractivity contribution is 6.30. The van der Waals surface area contributed by atoms with E-state index >= 15 is 0 Å². The summed E-state index contributed by atoms with van der Waals surface area (Å²) in [6.45, 7) is 1.41. The van der Waals surface area contributed by atoms with Crippen LogP contribution < -0.4 is 10.5 Å². The third-order valence-corrected chi connectivity index (χ3v) is 4.25. The highest BCUT2D eigenvalue weighted by Gasteiger charge is 2.18. The number of hydrogen-bond donors (Lipinski definition) is 2. The minimum atomic E-state index is -0.635. The third-order valence-electron chi connectivity index (χ3n) is 4.01. The number of benzene rings is 2. The van der Waals surface area contributed by atoms with Gasteiger partial charge in [-0.1, -0.05) is 35.9 Å². The molecule has 1 heterocycles. The Bertz CT molecular complexity index is 1080. The quantitative estimate of drug-likeness (QED) is 0.554. The van der Waals surface area contributed by atoms with Crippen molar-refractivity contribution in [2.24, 2.45) is 10.7 Å². The number of nitrogens with one attached hydrogen (secondary N) is 1. The predicted octanol–water partition coefficient (Wildman–Crippen LogP) is 3.47. The van der Waals surface area contributed by atoms with Crippen LogP contribution >= 0.6 is 11.6 Å². The number of aliphatic imine (C=N–C) groups is 1. The van der Waals surface area contributed by atoms with Crippen molar-refractivity contribution in [2.45, 2.75) is 13.3 Å². The molecule has 0 aliphatic heterocycles. The van der Waals surface area contributed by atoms with Gasteiger partial charge in [-0.2, -0.15) is 5.10 Å². The van der Waals surface area contributed by atoms with Crippen molar-refractivity contribution in [2.75, 3.05) is 6.61 Å². The first kappa shape index (κ1) is 20.3. The van der Waals surface area contributed by atoms with E-state index in [2.05, 4.69) is 15.2 Å². The molecule has 1 amide bonds. The molecular weight excluding hydrogens is 392 g/mol. The monoisotopic (exact) mass is 410 g/mol. The molecule has 0 saturated carbocycles. The number of H-pyrrole nitrogens is 1. The number of ketones is 1. The van der Waals surface area contributed by atoms with Crippen molar-refractivity contribution in [3.63, 3.8) is 0 Å². The molecule has 7 nitrogen and oxygen atoms in total. The predicted molar refractivity (Wildman–Crippen MR) is 111 cm³/mol. The molecular formula is C21H19ClN4O3. The minimum absolute atomic E-state index is 0.0381. The number of primary amides is 1. The Morgan fingerprint density at radius 2 is 2.03 bits per heavy atom. The first-order valence-corrected chi connectivity index (χ1v) is 9.18. The van der Waals surface area contributed by atoms with E-state index in [0.717, 1.165) is 5.56 Å². The van der Waals surface area contributed by atoms with Crippen LogP contribution in [0.5, 0.6) is 5.75 Å². The Balaban J connectivity index is 1.87. The number of carbonyl (C=O) groups is 2. The first-order valence-electron chi connectivity index (χ1n) is 8.81. The maximum absolute atomic E-state index is 12.0. The zero-order chi connectivity index (χ0) is 20.8. The van der Waals surface area contributed by atoms with Gasteiger partial charge in [-0.25, -0.2) is 4.99 Å². The molecule has 0 atom stereocenters. The molecule has 8 heteroatoms. The number of carbonyl (C=O) groups excluding carboxylic acids is 2. The van der Waals surface area contributed by atoms with Crippen molar-refractivity contribution >= 4 is 35.3 Å². The van der Waals surface area contributed by atoms with Crippen LogP contribution in [0.25, 0.3) is 0 Å². The summed E-state index contributed by atoms with van der Waals surface area (Å²) in [5, 5.41) is 7.55. The van der Waals surface area contributed by atoms with Crippen molar-refractivity contribution in [3.05, 3.63) is 75.9 Å². The smallest absolute Gasteiger partial charge is 0.254 e. The SMILES string of the molecule is CC(=O)COc1ccccc1C=Nc1n[nH]c(Cc2cccc(Cl)c2)c1C(N)=O. The van der Waals surface area contributed by atoms with Gasteiger partial charge in [-0.3, -0.25) is 14.7 Å². The van der Waals surface area contributed by atoms with Gasteiger partial charge in [0.2, 0.25) is 0 Å². The molecule has 0 spiro atoms. The van der Waals surface area contributed by atoms with Gasteiger partial charge in [0.05, 0.1) is 5.69 Å². The molecule has 148 valence electrons.